The molecule has 0 saturated heterocycles. The van der Waals surface area contributed by atoms with E-state index in [1.807, 2.05) is 50.2 Å². The van der Waals surface area contributed by atoms with E-state index in [1.165, 1.54) is 19.3 Å². The molecule has 2 amide bonds. The average molecular weight is 410 g/mol. The van der Waals surface area contributed by atoms with Crippen LogP contribution in [0.2, 0.25) is 0 Å². The molecule has 3 rings (SSSR count). The van der Waals surface area contributed by atoms with Crippen LogP contribution in [0.5, 0.6) is 5.75 Å². The van der Waals surface area contributed by atoms with Crippen LogP contribution < -0.4 is 20.7 Å². The van der Waals surface area contributed by atoms with Crippen LogP contribution in [0.25, 0.3) is 0 Å². The van der Waals surface area contributed by atoms with E-state index in [0.717, 1.165) is 18.5 Å². The van der Waals surface area contributed by atoms with E-state index in [4.69, 9.17) is 4.74 Å². The summed E-state index contributed by atoms with van der Waals surface area (Å²) in [6.45, 7) is 3.97. The Labute approximate surface area is 178 Å². The number of carbonyl (C=O) groups excluding carboxylic acids is 2. The van der Waals surface area contributed by atoms with Gasteiger partial charge in [0, 0.05) is 17.3 Å². The zero-order chi connectivity index (χ0) is 21.3. The molecule has 1 aliphatic carbocycles. The first kappa shape index (κ1) is 21.7. The topological polar surface area (TPSA) is 79.5 Å². The Morgan fingerprint density at radius 3 is 2.57 bits per heavy atom. The van der Waals surface area contributed by atoms with Crippen LogP contribution in [0.1, 0.15) is 56.3 Å². The molecule has 2 aromatic rings. The number of hydrogen-bond donors (Lipinski definition) is 3. The molecule has 6 heteroatoms. The van der Waals surface area contributed by atoms with E-state index >= 15 is 0 Å². The minimum Gasteiger partial charge on any atom is -0.489 e. The highest BCUT2D eigenvalue weighted by molar-refractivity contribution is 5.96. The van der Waals surface area contributed by atoms with E-state index in [2.05, 4.69) is 16.0 Å². The summed E-state index contributed by atoms with van der Waals surface area (Å²) in [7, 11) is 0. The van der Waals surface area contributed by atoms with Gasteiger partial charge in [-0.05, 0) is 57.0 Å². The van der Waals surface area contributed by atoms with Gasteiger partial charge in [-0.1, -0.05) is 37.5 Å². The van der Waals surface area contributed by atoms with Gasteiger partial charge in [-0.25, -0.2) is 0 Å². The predicted octanol–water partition coefficient (Wildman–Crippen LogP) is 4.59. The van der Waals surface area contributed by atoms with Crippen molar-refractivity contribution in [3.63, 3.8) is 0 Å². The third-order valence-electron chi connectivity index (χ3n) is 5.04. The maximum Gasteiger partial charge on any atom is 0.251 e. The Hall–Kier alpha value is -3.02. The maximum atomic E-state index is 12.5. The number of nitrogens with one attached hydrogen (secondary N) is 3. The van der Waals surface area contributed by atoms with Crippen molar-refractivity contribution < 1.29 is 14.3 Å². The molecule has 0 bridgehead atoms. The summed E-state index contributed by atoms with van der Waals surface area (Å²) >= 11 is 0. The van der Waals surface area contributed by atoms with Gasteiger partial charge in [-0.2, -0.15) is 0 Å². The monoisotopic (exact) mass is 409 g/mol. The first-order valence-corrected chi connectivity index (χ1v) is 10.7. The molecule has 1 saturated carbocycles. The summed E-state index contributed by atoms with van der Waals surface area (Å²) in [6, 6.07) is 14.9. The molecule has 160 valence electrons. The summed E-state index contributed by atoms with van der Waals surface area (Å²) in [5, 5.41) is 9.08. The van der Waals surface area contributed by atoms with E-state index in [0.29, 0.717) is 17.0 Å². The SMILES string of the molecule is CC(C)Oc1ccccc1NC(=O)CNc1cccc(C(=O)NC2CCCCC2)c1. The third kappa shape index (κ3) is 6.51. The predicted molar refractivity (Wildman–Crippen MR) is 120 cm³/mol. The van der Waals surface area contributed by atoms with Gasteiger partial charge in [-0.15, -0.1) is 0 Å². The van der Waals surface area contributed by atoms with Crippen LogP contribution in [-0.4, -0.2) is 30.5 Å². The molecule has 0 aromatic heterocycles. The summed E-state index contributed by atoms with van der Waals surface area (Å²) in [5.41, 5.74) is 1.97. The standard InChI is InChI=1S/C24H31N3O3/c1-17(2)30-22-14-7-6-13-21(22)27-23(28)16-25-20-12-8-9-18(15-20)24(29)26-19-10-4-3-5-11-19/h6-9,12-15,17,19,25H,3-5,10-11,16H2,1-2H3,(H,26,29)(H,27,28). The van der Waals surface area contributed by atoms with Crippen molar-refractivity contribution in [2.24, 2.45) is 0 Å². The highest BCUT2D eigenvalue weighted by atomic mass is 16.5. The number of amides is 2. The van der Waals surface area contributed by atoms with Crippen molar-refractivity contribution in [3.05, 3.63) is 54.1 Å². The molecule has 30 heavy (non-hydrogen) atoms. The van der Waals surface area contributed by atoms with Crippen molar-refractivity contribution >= 4 is 23.2 Å². The number of rotatable bonds is 8. The van der Waals surface area contributed by atoms with Crippen molar-refractivity contribution in [1.29, 1.82) is 0 Å². The molecular formula is C24H31N3O3. The lowest BCUT2D eigenvalue weighted by molar-refractivity contribution is -0.114. The van der Waals surface area contributed by atoms with Crippen LogP contribution in [-0.2, 0) is 4.79 Å². The van der Waals surface area contributed by atoms with Crippen molar-refractivity contribution in [1.82, 2.24) is 5.32 Å². The van der Waals surface area contributed by atoms with Crippen LogP contribution in [0.15, 0.2) is 48.5 Å². The highest BCUT2D eigenvalue weighted by Crippen LogP contribution is 2.25. The van der Waals surface area contributed by atoms with Crippen molar-refractivity contribution in [3.8, 4) is 5.75 Å². The van der Waals surface area contributed by atoms with Crippen LogP contribution >= 0.6 is 0 Å². The smallest absolute Gasteiger partial charge is 0.251 e. The van der Waals surface area contributed by atoms with Crippen LogP contribution in [0.4, 0.5) is 11.4 Å². The fourth-order valence-corrected chi connectivity index (χ4v) is 3.59. The number of benzene rings is 2. The number of carbonyl (C=O) groups is 2. The van der Waals surface area contributed by atoms with Gasteiger partial charge in [0.15, 0.2) is 0 Å². The number of ether oxygens (including phenoxy) is 1. The molecular weight excluding hydrogens is 378 g/mol. The average Bonchev–Trinajstić information content (AvgIpc) is 2.74. The lowest BCUT2D eigenvalue weighted by Gasteiger charge is -2.22. The Balaban J connectivity index is 1.54. The molecule has 1 aliphatic rings. The first-order chi connectivity index (χ1) is 14.5. The second-order valence-corrected chi connectivity index (χ2v) is 7.95. The summed E-state index contributed by atoms with van der Waals surface area (Å²) in [5.74, 6) is 0.392. The molecule has 3 N–H and O–H groups in total. The molecule has 1 fully saturated rings. The molecule has 2 aromatic carbocycles. The lowest BCUT2D eigenvalue weighted by atomic mass is 9.95. The summed E-state index contributed by atoms with van der Waals surface area (Å²) in [6.07, 6.45) is 5.71. The fraction of sp³-hybridized carbons (Fsp3) is 0.417. The van der Waals surface area contributed by atoms with Gasteiger partial charge in [0.1, 0.15) is 5.75 Å². The Kier molecular flexibility index (Phi) is 7.71. The lowest BCUT2D eigenvalue weighted by Crippen LogP contribution is -2.36. The van der Waals surface area contributed by atoms with E-state index in [1.54, 1.807) is 12.1 Å². The van der Waals surface area contributed by atoms with Gasteiger partial charge in [0.25, 0.3) is 5.91 Å². The fourth-order valence-electron chi connectivity index (χ4n) is 3.59. The second-order valence-electron chi connectivity index (χ2n) is 7.95. The molecule has 0 aliphatic heterocycles. The largest absolute Gasteiger partial charge is 0.489 e. The Morgan fingerprint density at radius 2 is 1.80 bits per heavy atom. The van der Waals surface area contributed by atoms with Gasteiger partial charge >= 0.3 is 0 Å². The third-order valence-corrected chi connectivity index (χ3v) is 5.04. The summed E-state index contributed by atoms with van der Waals surface area (Å²) < 4.78 is 5.73. The van der Waals surface area contributed by atoms with E-state index in [-0.39, 0.29) is 30.5 Å². The second kappa shape index (κ2) is 10.7. The summed E-state index contributed by atoms with van der Waals surface area (Å²) in [4.78, 5) is 24.9. The maximum absolute atomic E-state index is 12.5. The number of para-hydroxylation sites is 2. The zero-order valence-electron chi connectivity index (χ0n) is 17.7. The number of anilines is 2. The highest BCUT2D eigenvalue weighted by Gasteiger charge is 2.17. The van der Waals surface area contributed by atoms with Gasteiger partial charge in [-0.3, -0.25) is 9.59 Å². The van der Waals surface area contributed by atoms with Gasteiger partial charge in [0.2, 0.25) is 5.91 Å². The minimum atomic E-state index is -0.188. The molecule has 6 nitrogen and oxygen atoms in total. The molecule has 0 heterocycles. The van der Waals surface area contributed by atoms with Crippen molar-refractivity contribution in [2.45, 2.75) is 58.1 Å². The van der Waals surface area contributed by atoms with E-state index in [9.17, 15) is 9.59 Å². The van der Waals surface area contributed by atoms with Gasteiger partial charge in [0.05, 0.1) is 18.3 Å². The molecule has 0 unspecified atom stereocenters. The quantitative estimate of drug-likeness (QED) is 0.596. The first-order valence-electron chi connectivity index (χ1n) is 10.7. The normalized spacial score (nSPS) is 14.2. The van der Waals surface area contributed by atoms with Crippen molar-refractivity contribution in [2.75, 3.05) is 17.2 Å². The number of hydrogen-bond acceptors (Lipinski definition) is 4. The Morgan fingerprint density at radius 1 is 1.03 bits per heavy atom. The minimum absolute atomic E-state index is 0.0173. The molecule has 0 radical (unpaired) electrons. The Bertz CT molecular complexity index is 860. The van der Waals surface area contributed by atoms with Crippen LogP contribution in [0, 0.1) is 0 Å². The molecule has 0 spiro atoms. The van der Waals surface area contributed by atoms with Gasteiger partial charge < -0.3 is 20.7 Å². The van der Waals surface area contributed by atoms with Crippen LogP contribution in [0.3, 0.4) is 0 Å². The zero-order valence-corrected chi connectivity index (χ0v) is 17.7. The molecule has 0 atom stereocenters. The van der Waals surface area contributed by atoms with E-state index < -0.39 is 0 Å².